The summed E-state index contributed by atoms with van der Waals surface area (Å²) >= 11 is 0. The van der Waals surface area contributed by atoms with Crippen molar-refractivity contribution in [3.05, 3.63) is 41.0 Å². The molecule has 2 rings (SSSR count). The van der Waals surface area contributed by atoms with E-state index in [-0.39, 0.29) is 0 Å². The zero-order chi connectivity index (χ0) is 12.3. The topological polar surface area (TPSA) is 12.0 Å². The van der Waals surface area contributed by atoms with Gasteiger partial charge in [-0.15, -0.1) is 0 Å². The van der Waals surface area contributed by atoms with E-state index in [9.17, 15) is 0 Å². The van der Waals surface area contributed by atoms with Crippen molar-refractivity contribution in [3.63, 3.8) is 0 Å². The van der Waals surface area contributed by atoms with Crippen molar-refractivity contribution < 1.29 is 0 Å². The van der Waals surface area contributed by atoms with Gasteiger partial charge in [0.15, 0.2) is 0 Å². The van der Waals surface area contributed by atoms with E-state index in [2.05, 4.69) is 56.4 Å². The van der Waals surface area contributed by atoms with E-state index in [0.717, 1.165) is 12.5 Å². The van der Waals surface area contributed by atoms with Crippen LogP contribution in [0.3, 0.4) is 0 Å². The molecule has 1 aliphatic carbocycles. The molecule has 0 radical (unpaired) electrons. The third kappa shape index (κ3) is 3.19. The average Bonchev–Trinajstić information content (AvgIpc) is 3.14. The first-order valence-electron chi connectivity index (χ1n) is 6.73. The van der Waals surface area contributed by atoms with Gasteiger partial charge in [0.2, 0.25) is 0 Å². The predicted octanol–water partition coefficient (Wildman–Crippen LogP) is 3.97. The van der Waals surface area contributed by atoms with Gasteiger partial charge in [0, 0.05) is 6.04 Å². The molecular formula is C16H23N. The fourth-order valence-electron chi connectivity index (χ4n) is 2.25. The zero-order valence-corrected chi connectivity index (χ0v) is 11.2. The Balaban J connectivity index is 2.19. The Kier molecular flexibility index (Phi) is 4.01. The molecule has 1 aliphatic rings. The maximum Gasteiger partial charge on any atom is 0.0251 e. The number of nitrogens with one attached hydrogen (secondary N) is 1. The minimum Gasteiger partial charge on any atom is -0.311 e. The van der Waals surface area contributed by atoms with E-state index < -0.39 is 0 Å². The van der Waals surface area contributed by atoms with Crippen LogP contribution in [0.5, 0.6) is 0 Å². The maximum absolute atomic E-state index is 3.46. The van der Waals surface area contributed by atoms with Crippen molar-refractivity contribution in [3.8, 4) is 0 Å². The van der Waals surface area contributed by atoms with Crippen molar-refractivity contribution in [1.82, 2.24) is 5.32 Å². The lowest BCUT2D eigenvalue weighted by Gasteiger charge is -2.14. The van der Waals surface area contributed by atoms with Gasteiger partial charge in [-0.3, -0.25) is 0 Å². The minimum absolute atomic E-state index is 0.465. The standard InChI is InChI=1S/C16H23N/c1-4-17-13(3)12(2)11-15-7-5-6-8-16(15)14-9-10-14/h5-8,11,13-14,17H,4,9-10H2,1-3H3/b12-11+. The molecule has 1 heteroatoms. The molecule has 0 aliphatic heterocycles. The molecular weight excluding hydrogens is 206 g/mol. The Morgan fingerprint density at radius 1 is 1.41 bits per heavy atom. The van der Waals surface area contributed by atoms with Gasteiger partial charge in [0.05, 0.1) is 0 Å². The number of hydrogen-bond donors (Lipinski definition) is 1. The molecule has 1 unspecified atom stereocenters. The number of likely N-dealkylation sites (N-methyl/N-ethyl adjacent to an activating group) is 1. The monoisotopic (exact) mass is 229 g/mol. The molecule has 1 aromatic rings. The lowest BCUT2D eigenvalue weighted by molar-refractivity contribution is 0.636. The van der Waals surface area contributed by atoms with E-state index in [0.29, 0.717) is 6.04 Å². The van der Waals surface area contributed by atoms with Gasteiger partial charge in [-0.1, -0.05) is 42.8 Å². The quantitative estimate of drug-likeness (QED) is 0.805. The van der Waals surface area contributed by atoms with E-state index in [1.807, 2.05) is 0 Å². The van der Waals surface area contributed by atoms with Gasteiger partial charge in [-0.25, -0.2) is 0 Å². The second kappa shape index (κ2) is 5.50. The summed E-state index contributed by atoms with van der Waals surface area (Å²) in [6, 6.07) is 9.30. The molecule has 1 saturated carbocycles. The zero-order valence-electron chi connectivity index (χ0n) is 11.2. The van der Waals surface area contributed by atoms with Crippen molar-refractivity contribution >= 4 is 6.08 Å². The Hall–Kier alpha value is -1.08. The molecule has 92 valence electrons. The highest BCUT2D eigenvalue weighted by Crippen LogP contribution is 2.42. The molecule has 0 heterocycles. The number of rotatable bonds is 5. The highest BCUT2D eigenvalue weighted by Gasteiger charge is 2.25. The minimum atomic E-state index is 0.465. The number of hydrogen-bond acceptors (Lipinski definition) is 1. The highest BCUT2D eigenvalue weighted by atomic mass is 14.9. The van der Waals surface area contributed by atoms with Gasteiger partial charge in [0.25, 0.3) is 0 Å². The lowest BCUT2D eigenvalue weighted by Crippen LogP contribution is -2.26. The van der Waals surface area contributed by atoms with Gasteiger partial charge in [-0.2, -0.15) is 0 Å². The summed E-state index contributed by atoms with van der Waals surface area (Å²) in [6.07, 6.45) is 5.08. The van der Waals surface area contributed by atoms with Crippen molar-refractivity contribution in [2.75, 3.05) is 6.54 Å². The van der Waals surface area contributed by atoms with Crippen LogP contribution in [-0.2, 0) is 0 Å². The summed E-state index contributed by atoms with van der Waals surface area (Å²) < 4.78 is 0. The Labute approximate surface area is 105 Å². The number of benzene rings is 1. The second-order valence-electron chi connectivity index (χ2n) is 5.07. The van der Waals surface area contributed by atoms with Gasteiger partial charge in [0.1, 0.15) is 0 Å². The maximum atomic E-state index is 3.46. The van der Waals surface area contributed by atoms with Gasteiger partial charge < -0.3 is 5.32 Å². The molecule has 1 nitrogen and oxygen atoms in total. The lowest BCUT2D eigenvalue weighted by atomic mass is 9.99. The van der Waals surface area contributed by atoms with E-state index in [1.165, 1.54) is 29.5 Å². The summed E-state index contributed by atoms with van der Waals surface area (Å²) in [4.78, 5) is 0. The third-order valence-corrected chi connectivity index (χ3v) is 3.59. The summed E-state index contributed by atoms with van der Waals surface area (Å²) in [7, 11) is 0. The van der Waals surface area contributed by atoms with Crippen LogP contribution < -0.4 is 5.32 Å². The van der Waals surface area contributed by atoms with Crippen molar-refractivity contribution in [2.45, 2.75) is 45.6 Å². The normalized spacial score (nSPS) is 18.2. The first-order valence-corrected chi connectivity index (χ1v) is 6.73. The fourth-order valence-corrected chi connectivity index (χ4v) is 2.25. The molecule has 1 N–H and O–H groups in total. The molecule has 0 amide bonds. The second-order valence-corrected chi connectivity index (χ2v) is 5.07. The summed E-state index contributed by atoms with van der Waals surface area (Å²) in [5, 5.41) is 3.46. The first-order chi connectivity index (χ1) is 8.22. The average molecular weight is 229 g/mol. The van der Waals surface area contributed by atoms with Crippen LogP contribution in [-0.4, -0.2) is 12.6 Å². The summed E-state index contributed by atoms with van der Waals surface area (Å²) in [5.41, 5.74) is 4.37. The van der Waals surface area contributed by atoms with Crippen LogP contribution >= 0.6 is 0 Å². The Bertz CT molecular complexity index is 402. The van der Waals surface area contributed by atoms with Crippen LogP contribution in [0.4, 0.5) is 0 Å². The molecule has 17 heavy (non-hydrogen) atoms. The van der Waals surface area contributed by atoms with Crippen LogP contribution in [0.15, 0.2) is 29.8 Å². The molecule has 0 spiro atoms. The molecule has 1 atom stereocenters. The SMILES string of the molecule is CCNC(C)/C(C)=C/c1ccccc1C1CC1. The highest BCUT2D eigenvalue weighted by molar-refractivity contribution is 5.58. The fraction of sp³-hybridized carbons (Fsp3) is 0.500. The van der Waals surface area contributed by atoms with Crippen LogP contribution in [0, 0.1) is 0 Å². The molecule has 0 aromatic heterocycles. The smallest absolute Gasteiger partial charge is 0.0251 e. The van der Waals surface area contributed by atoms with Crippen molar-refractivity contribution in [1.29, 1.82) is 0 Å². The summed E-state index contributed by atoms with van der Waals surface area (Å²) in [5.74, 6) is 0.824. The van der Waals surface area contributed by atoms with Crippen LogP contribution in [0.1, 0.15) is 50.7 Å². The molecule has 0 bridgehead atoms. The van der Waals surface area contributed by atoms with Gasteiger partial charge in [-0.05, 0) is 50.3 Å². The first kappa shape index (κ1) is 12.4. The van der Waals surface area contributed by atoms with Crippen LogP contribution in [0.25, 0.3) is 6.08 Å². The Morgan fingerprint density at radius 3 is 2.76 bits per heavy atom. The molecule has 1 aromatic carbocycles. The van der Waals surface area contributed by atoms with Gasteiger partial charge >= 0.3 is 0 Å². The third-order valence-electron chi connectivity index (χ3n) is 3.59. The summed E-state index contributed by atoms with van der Waals surface area (Å²) in [6.45, 7) is 7.63. The Morgan fingerprint density at radius 2 is 2.12 bits per heavy atom. The molecule has 0 saturated heterocycles. The van der Waals surface area contributed by atoms with E-state index in [4.69, 9.17) is 0 Å². The van der Waals surface area contributed by atoms with Crippen molar-refractivity contribution in [2.24, 2.45) is 0 Å². The van der Waals surface area contributed by atoms with E-state index in [1.54, 1.807) is 0 Å². The van der Waals surface area contributed by atoms with Crippen LogP contribution in [0.2, 0.25) is 0 Å². The van der Waals surface area contributed by atoms with E-state index >= 15 is 0 Å². The largest absolute Gasteiger partial charge is 0.311 e. The predicted molar refractivity (Wildman–Crippen MR) is 75.2 cm³/mol. The molecule has 1 fully saturated rings.